The predicted octanol–water partition coefficient (Wildman–Crippen LogP) is 4.38. The van der Waals surface area contributed by atoms with Crippen LogP contribution in [0.1, 0.15) is 38.7 Å². The number of rotatable bonds is 2. The molecule has 0 N–H and O–H groups in total. The summed E-state index contributed by atoms with van der Waals surface area (Å²) >= 11 is 0. The fraction of sp³-hybridized carbons (Fsp3) is 0.421. The number of ether oxygens (including phenoxy) is 1. The van der Waals surface area contributed by atoms with Crippen molar-refractivity contribution in [2.24, 2.45) is 11.3 Å². The highest BCUT2D eigenvalue weighted by Crippen LogP contribution is 2.51. The zero-order valence-electron chi connectivity index (χ0n) is 13.0. The average molecular weight is 282 g/mol. The lowest BCUT2D eigenvalue weighted by atomic mass is 9.61. The molecule has 0 saturated heterocycles. The van der Waals surface area contributed by atoms with Crippen molar-refractivity contribution in [1.29, 1.82) is 0 Å². The number of hydrogen-bond acceptors (Lipinski definition) is 2. The molecule has 0 radical (unpaired) electrons. The van der Waals surface area contributed by atoms with Gasteiger partial charge >= 0.3 is 0 Å². The minimum Gasteiger partial charge on any atom is -0.497 e. The van der Waals surface area contributed by atoms with Gasteiger partial charge in [-0.3, -0.25) is 4.79 Å². The number of methoxy groups -OCH3 is 1. The van der Waals surface area contributed by atoms with Crippen LogP contribution in [0.5, 0.6) is 0 Å². The third-order valence-electron chi connectivity index (χ3n) is 4.99. The van der Waals surface area contributed by atoms with Gasteiger partial charge < -0.3 is 4.74 Å². The molecule has 0 aromatic heterocycles. The third-order valence-corrected chi connectivity index (χ3v) is 4.99. The van der Waals surface area contributed by atoms with Crippen molar-refractivity contribution in [3.05, 3.63) is 53.3 Å². The van der Waals surface area contributed by atoms with E-state index in [0.29, 0.717) is 5.92 Å². The zero-order chi connectivity index (χ0) is 15.0. The van der Waals surface area contributed by atoms with E-state index in [1.54, 1.807) is 7.11 Å². The number of carbonyl (C=O) groups is 1. The molecule has 1 aromatic rings. The number of carbonyl (C=O) groups excluding carboxylic acids is 1. The number of Topliss-reactive ketones (excluding diaryl/α,β-unsaturated/α-hetero) is 1. The summed E-state index contributed by atoms with van der Waals surface area (Å²) in [7, 11) is 1.71. The second-order valence-electron chi connectivity index (χ2n) is 6.36. The van der Waals surface area contributed by atoms with Crippen molar-refractivity contribution in [3.63, 3.8) is 0 Å². The van der Waals surface area contributed by atoms with Gasteiger partial charge in [0.15, 0.2) is 5.78 Å². The molecule has 2 heteroatoms. The normalized spacial score (nSPS) is 29.0. The van der Waals surface area contributed by atoms with Crippen molar-refractivity contribution in [3.8, 4) is 0 Å². The molecule has 110 valence electrons. The summed E-state index contributed by atoms with van der Waals surface area (Å²) < 4.78 is 5.65. The van der Waals surface area contributed by atoms with E-state index >= 15 is 0 Å². The SMILES string of the molecule is COC1=C2[C@H](C)CCC[C@]2(C)C(=O)C(c2ccccc2)=C1. The van der Waals surface area contributed by atoms with E-state index in [1.165, 1.54) is 5.57 Å². The first-order chi connectivity index (χ1) is 10.1. The Morgan fingerprint density at radius 3 is 2.62 bits per heavy atom. The fourth-order valence-electron chi connectivity index (χ4n) is 3.91. The lowest BCUT2D eigenvalue weighted by molar-refractivity contribution is -0.121. The Balaban J connectivity index is 2.18. The standard InChI is InChI=1S/C19H22O2/c1-13-8-7-11-19(2)17(13)16(21-3)12-15(18(19)20)14-9-5-4-6-10-14/h4-6,9-10,12-13H,7-8,11H2,1-3H3/t13-,19+/m1/s1. The van der Waals surface area contributed by atoms with Crippen molar-refractivity contribution < 1.29 is 9.53 Å². The maximum absolute atomic E-state index is 13.1. The van der Waals surface area contributed by atoms with E-state index in [2.05, 4.69) is 13.8 Å². The fourth-order valence-corrected chi connectivity index (χ4v) is 3.91. The molecule has 0 aliphatic heterocycles. The van der Waals surface area contributed by atoms with Gasteiger partial charge in [0.25, 0.3) is 0 Å². The van der Waals surface area contributed by atoms with E-state index in [-0.39, 0.29) is 5.78 Å². The van der Waals surface area contributed by atoms with Crippen LogP contribution in [-0.2, 0) is 9.53 Å². The smallest absolute Gasteiger partial charge is 0.173 e. The van der Waals surface area contributed by atoms with Crippen molar-refractivity contribution in [2.45, 2.75) is 33.1 Å². The molecule has 0 amide bonds. The average Bonchev–Trinajstić information content (AvgIpc) is 2.50. The van der Waals surface area contributed by atoms with Crippen LogP contribution in [-0.4, -0.2) is 12.9 Å². The van der Waals surface area contributed by atoms with Crippen molar-refractivity contribution in [2.75, 3.05) is 7.11 Å². The number of ketones is 1. The molecule has 2 nitrogen and oxygen atoms in total. The number of benzene rings is 1. The van der Waals surface area contributed by atoms with E-state index in [4.69, 9.17) is 4.74 Å². The maximum atomic E-state index is 13.1. The molecular formula is C19H22O2. The molecule has 21 heavy (non-hydrogen) atoms. The van der Waals surface area contributed by atoms with Crippen LogP contribution in [0.15, 0.2) is 47.7 Å². The molecular weight excluding hydrogens is 260 g/mol. The van der Waals surface area contributed by atoms with Gasteiger partial charge in [-0.2, -0.15) is 0 Å². The number of hydrogen-bond donors (Lipinski definition) is 0. The molecule has 3 rings (SSSR count). The van der Waals surface area contributed by atoms with Gasteiger partial charge in [-0.15, -0.1) is 0 Å². The van der Waals surface area contributed by atoms with Crippen molar-refractivity contribution in [1.82, 2.24) is 0 Å². The first-order valence-corrected chi connectivity index (χ1v) is 7.68. The summed E-state index contributed by atoms with van der Waals surface area (Å²) in [6, 6.07) is 9.91. The number of allylic oxidation sites excluding steroid dienone is 3. The van der Waals surface area contributed by atoms with Gasteiger partial charge in [0.05, 0.1) is 12.5 Å². The highest BCUT2D eigenvalue weighted by molar-refractivity contribution is 6.25. The van der Waals surface area contributed by atoms with Crippen LogP contribution in [0.2, 0.25) is 0 Å². The summed E-state index contributed by atoms with van der Waals surface area (Å²) in [5.74, 6) is 1.55. The highest BCUT2D eigenvalue weighted by Gasteiger charge is 2.47. The Labute approximate surface area is 126 Å². The Kier molecular flexibility index (Phi) is 3.48. The van der Waals surface area contributed by atoms with Crippen LogP contribution in [0.4, 0.5) is 0 Å². The minimum atomic E-state index is -0.400. The van der Waals surface area contributed by atoms with Crippen LogP contribution >= 0.6 is 0 Å². The Hall–Kier alpha value is -1.83. The molecule has 2 atom stereocenters. The summed E-state index contributed by atoms with van der Waals surface area (Å²) in [5, 5.41) is 0. The second kappa shape index (κ2) is 5.18. The zero-order valence-corrected chi connectivity index (χ0v) is 13.0. The van der Waals surface area contributed by atoms with Gasteiger partial charge in [-0.1, -0.05) is 43.7 Å². The van der Waals surface area contributed by atoms with Gasteiger partial charge in [-0.25, -0.2) is 0 Å². The first kappa shape index (κ1) is 14.1. The summed E-state index contributed by atoms with van der Waals surface area (Å²) in [6.07, 6.45) is 5.10. The summed E-state index contributed by atoms with van der Waals surface area (Å²) in [4.78, 5) is 13.1. The molecule has 0 bridgehead atoms. The maximum Gasteiger partial charge on any atom is 0.173 e. The van der Waals surface area contributed by atoms with E-state index in [1.807, 2.05) is 36.4 Å². The monoisotopic (exact) mass is 282 g/mol. The van der Waals surface area contributed by atoms with E-state index in [0.717, 1.165) is 36.2 Å². The molecule has 0 unspecified atom stereocenters. The van der Waals surface area contributed by atoms with Crippen LogP contribution in [0.3, 0.4) is 0 Å². The first-order valence-electron chi connectivity index (χ1n) is 7.68. The summed E-state index contributed by atoms with van der Waals surface area (Å²) in [5.41, 5.74) is 2.56. The molecule has 2 aliphatic rings. The lowest BCUT2D eigenvalue weighted by Crippen LogP contribution is -2.39. The van der Waals surface area contributed by atoms with E-state index < -0.39 is 5.41 Å². The molecule has 1 fully saturated rings. The third kappa shape index (κ3) is 2.14. The van der Waals surface area contributed by atoms with Gasteiger partial charge in [0.1, 0.15) is 5.76 Å². The quantitative estimate of drug-likeness (QED) is 0.804. The van der Waals surface area contributed by atoms with Crippen molar-refractivity contribution >= 4 is 11.4 Å². The number of fused-ring (bicyclic) bond motifs is 1. The van der Waals surface area contributed by atoms with Gasteiger partial charge in [-0.05, 0) is 42.9 Å². The predicted molar refractivity (Wildman–Crippen MR) is 84.6 cm³/mol. The second-order valence-corrected chi connectivity index (χ2v) is 6.36. The topological polar surface area (TPSA) is 26.3 Å². The van der Waals surface area contributed by atoms with Crippen LogP contribution in [0.25, 0.3) is 5.57 Å². The molecule has 1 aromatic carbocycles. The van der Waals surface area contributed by atoms with Gasteiger partial charge in [0.2, 0.25) is 0 Å². The molecule has 2 aliphatic carbocycles. The molecule has 0 heterocycles. The Bertz CT molecular complexity index is 624. The lowest BCUT2D eigenvalue weighted by Gasteiger charge is -2.42. The van der Waals surface area contributed by atoms with E-state index in [9.17, 15) is 4.79 Å². The minimum absolute atomic E-state index is 0.246. The van der Waals surface area contributed by atoms with Crippen LogP contribution < -0.4 is 0 Å². The Morgan fingerprint density at radius 1 is 1.24 bits per heavy atom. The Morgan fingerprint density at radius 2 is 1.95 bits per heavy atom. The molecule has 1 saturated carbocycles. The van der Waals surface area contributed by atoms with Gasteiger partial charge in [0, 0.05) is 5.57 Å². The highest BCUT2D eigenvalue weighted by atomic mass is 16.5. The molecule has 0 spiro atoms. The largest absolute Gasteiger partial charge is 0.497 e. The summed E-state index contributed by atoms with van der Waals surface area (Å²) in [6.45, 7) is 4.30. The van der Waals surface area contributed by atoms with Crippen LogP contribution in [0, 0.1) is 11.3 Å².